The molecule has 0 atom stereocenters. The number of rotatable bonds is 6. The third-order valence-electron chi connectivity index (χ3n) is 3.96. The number of aromatic nitrogens is 4. The maximum absolute atomic E-state index is 12.3. The zero-order chi connectivity index (χ0) is 22.6. The molecule has 0 radical (unpaired) electrons. The number of alkyl halides is 3. The predicted molar refractivity (Wildman–Crippen MR) is 108 cm³/mol. The number of anilines is 1. The van der Waals surface area contributed by atoms with E-state index in [0.29, 0.717) is 17.0 Å². The van der Waals surface area contributed by atoms with Crippen molar-refractivity contribution in [2.24, 2.45) is 10.7 Å². The van der Waals surface area contributed by atoms with Crippen LogP contribution in [0.4, 0.5) is 24.7 Å². The van der Waals surface area contributed by atoms with E-state index in [1.54, 1.807) is 25.4 Å². The van der Waals surface area contributed by atoms with Crippen LogP contribution in [0.15, 0.2) is 41.9 Å². The van der Waals surface area contributed by atoms with E-state index in [2.05, 4.69) is 30.0 Å². The first-order valence-corrected chi connectivity index (χ1v) is 8.98. The van der Waals surface area contributed by atoms with Crippen molar-refractivity contribution in [2.45, 2.75) is 20.0 Å². The smallest absolute Gasteiger partial charge is 0.422 e. The van der Waals surface area contributed by atoms with Crippen molar-refractivity contribution >= 4 is 17.5 Å². The molecule has 0 aliphatic heterocycles. The molecule has 0 aliphatic carbocycles. The molecule has 9 nitrogen and oxygen atoms in total. The number of halogens is 3. The van der Waals surface area contributed by atoms with Gasteiger partial charge in [-0.05, 0) is 26.0 Å². The van der Waals surface area contributed by atoms with Crippen LogP contribution < -0.4 is 20.5 Å². The van der Waals surface area contributed by atoms with Crippen LogP contribution in [0, 0.1) is 13.8 Å². The summed E-state index contributed by atoms with van der Waals surface area (Å²) in [5.41, 5.74) is 8.68. The molecule has 3 rings (SSSR count). The molecule has 1 aromatic carbocycles. The fourth-order valence-electron chi connectivity index (χ4n) is 2.56. The molecule has 164 valence electrons. The number of benzene rings is 1. The minimum atomic E-state index is -4.50. The average Bonchev–Trinajstić information content (AvgIpc) is 3.14. The van der Waals surface area contributed by atoms with Gasteiger partial charge in [0.25, 0.3) is 0 Å². The third-order valence-corrected chi connectivity index (χ3v) is 3.96. The standard InChI is InChI=1S/C19H20F3N7O2/c1-11-7-24-18(31-9-19(20,21)22)28-16(11)27-17(23)26-13-4-5-14(15(6-13)30-3)29-8-12(2)25-10-29/h4-8,10H,9H2,1-3H3,(H3,23,24,26,27,28). The fourth-order valence-corrected chi connectivity index (χ4v) is 2.56. The van der Waals surface area contributed by atoms with Crippen molar-refractivity contribution in [1.82, 2.24) is 19.5 Å². The Balaban J connectivity index is 1.78. The first-order chi connectivity index (χ1) is 14.6. The van der Waals surface area contributed by atoms with E-state index in [1.165, 1.54) is 13.3 Å². The van der Waals surface area contributed by atoms with Gasteiger partial charge < -0.3 is 25.1 Å². The molecule has 2 aromatic heterocycles. The molecule has 0 saturated heterocycles. The summed E-state index contributed by atoms with van der Waals surface area (Å²) in [7, 11) is 1.54. The van der Waals surface area contributed by atoms with Gasteiger partial charge in [-0.3, -0.25) is 0 Å². The molecular formula is C19H20F3N7O2. The first-order valence-electron chi connectivity index (χ1n) is 8.98. The van der Waals surface area contributed by atoms with E-state index in [0.717, 1.165) is 11.4 Å². The van der Waals surface area contributed by atoms with Gasteiger partial charge in [0.2, 0.25) is 0 Å². The summed E-state index contributed by atoms with van der Waals surface area (Å²) in [5.74, 6) is 0.614. The van der Waals surface area contributed by atoms with Crippen LogP contribution in [0.3, 0.4) is 0 Å². The van der Waals surface area contributed by atoms with Crippen molar-refractivity contribution < 1.29 is 22.6 Å². The molecule has 31 heavy (non-hydrogen) atoms. The minimum Gasteiger partial charge on any atom is -0.494 e. The van der Waals surface area contributed by atoms with Crippen molar-refractivity contribution in [1.29, 1.82) is 0 Å². The Kier molecular flexibility index (Phi) is 6.28. The Bertz CT molecular complexity index is 1100. The number of imidazole rings is 1. The molecule has 0 fully saturated rings. The Morgan fingerprint density at radius 3 is 2.68 bits per heavy atom. The van der Waals surface area contributed by atoms with E-state index in [1.807, 2.05) is 23.8 Å². The number of ether oxygens (including phenoxy) is 2. The fraction of sp³-hybridized carbons (Fsp3) is 0.263. The highest BCUT2D eigenvalue weighted by Gasteiger charge is 2.29. The topological polar surface area (TPSA) is 112 Å². The lowest BCUT2D eigenvalue weighted by molar-refractivity contribution is -0.154. The van der Waals surface area contributed by atoms with Crippen LogP contribution in [0.2, 0.25) is 0 Å². The molecule has 0 amide bonds. The van der Waals surface area contributed by atoms with Crippen LogP contribution >= 0.6 is 0 Å². The average molecular weight is 435 g/mol. The van der Waals surface area contributed by atoms with E-state index >= 15 is 0 Å². The minimum absolute atomic E-state index is 0.0307. The van der Waals surface area contributed by atoms with Gasteiger partial charge in [-0.15, -0.1) is 0 Å². The van der Waals surface area contributed by atoms with Crippen LogP contribution in [-0.2, 0) is 0 Å². The first kappa shape index (κ1) is 21.9. The normalized spacial score (nSPS) is 12.0. The molecular weight excluding hydrogens is 415 g/mol. The van der Waals surface area contributed by atoms with Crippen molar-refractivity contribution in [2.75, 3.05) is 19.0 Å². The number of aryl methyl sites for hydroxylation is 2. The second kappa shape index (κ2) is 8.90. The lowest BCUT2D eigenvalue weighted by Crippen LogP contribution is -2.22. The van der Waals surface area contributed by atoms with Crippen LogP contribution in [0.5, 0.6) is 11.8 Å². The Hall–Kier alpha value is -3.83. The van der Waals surface area contributed by atoms with Gasteiger partial charge in [-0.2, -0.15) is 23.1 Å². The third kappa shape index (κ3) is 5.84. The number of hydrogen-bond donors (Lipinski definition) is 2. The van der Waals surface area contributed by atoms with Gasteiger partial charge in [0, 0.05) is 29.7 Å². The van der Waals surface area contributed by atoms with Gasteiger partial charge in [0.05, 0.1) is 24.8 Å². The zero-order valence-corrected chi connectivity index (χ0v) is 16.9. The van der Waals surface area contributed by atoms with Crippen LogP contribution in [0.1, 0.15) is 11.3 Å². The molecule has 0 unspecified atom stereocenters. The summed E-state index contributed by atoms with van der Waals surface area (Å²) in [6.07, 6.45) is 0.332. The molecule has 0 spiro atoms. The van der Waals surface area contributed by atoms with Crippen molar-refractivity contribution in [3.05, 3.63) is 48.2 Å². The lowest BCUT2D eigenvalue weighted by atomic mass is 10.2. The summed E-state index contributed by atoms with van der Waals surface area (Å²) in [6, 6.07) is 4.85. The molecule has 0 aliphatic rings. The largest absolute Gasteiger partial charge is 0.494 e. The quantitative estimate of drug-likeness (QED) is 0.451. The number of methoxy groups -OCH3 is 1. The summed E-state index contributed by atoms with van der Waals surface area (Å²) >= 11 is 0. The molecule has 0 bridgehead atoms. The maximum atomic E-state index is 12.3. The van der Waals surface area contributed by atoms with Gasteiger partial charge in [0.15, 0.2) is 18.4 Å². The molecule has 3 aromatic rings. The van der Waals surface area contributed by atoms with Crippen molar-refractivity contribution in [3.63, 3.8) is 0 Å². The van der Waals surface area contributed by atoms with E-state index in [-0.39, 0.29) is 11.8 Å². The Labute approximate surface area is 175 Å². The molecule has 0 saturated carbocycles. The summed E-state index contributed by atoms with van der Waals surface area (Å²) < 4.78 is 48.8. The van der Waals surface area contributed by atoms with Gasteiger partial charge in [-0.1, -0.05) is 0 Å². The zero-order valence-electron chi connectivity index (χ0n) is 16.9. The van der Waals surface area contributed by atoms with E-state index in [9.17, 15) is 13.2 Å². The second-order valence-corrected chi connectivity index (χ2v) is 6.49. The highest BCUT2D eigenvalue weighted by molar-refractivity contribution is 5.94. The van der Waals surface area contributed by atoms with Gasteiger partial charge >= 0.3 is 12.2 Å². The molecule has 12 heteroatoms. The SMILES string of the molecule is COc1cc(NC(N)=Nc2nc(OCC(F)(F)F)ncc2C)ccc1-n1cnc(C)c1. The molecule has 2 heterocycles. The Morgan fingerprint density at radius 1 is 1.26 bits per heavy atom. The van der Waals surface area contributed by atoms with Crippen molar-refractivity contribution in [3.8, 4) is 17.4 Å². The Morgan fingerprint density at radius 2 is 2.03 bits per heavy atom. The predicted octanol–water partition coefficient (Wildman–Crippen LogP) is 3.29. The monoisotopic (exact) mass is 435 g/mol. The summed E-state index contributed by atoms with van der Waals surface area (Å²) in [6.45, 7) is 2.02. The maximum Gasteiger partial charge on any atom is 0.422 e. The van der Waals surface area contributed by atoms with Crippen LogP contribution in [0.25, 0.3) is 5.69 Å². The number of nitrogens with one attached hydrogen (secondary N) is 1. The highest BCUT2D eigenvalue weighted by Crippen LogP contribution is 2.27. The number of aliphatic imine (C=N–C) groups is 1. The van der Waals surface area contributed by atoms with E-state index < -0.39 is 18.8 Å². The second-order valence-electron chi connectivity index (χ2n) is 6.49. The van der Waals surface area contributed by atoms with Gasteiger partial charge in [-0.25, -0.2) is 9.97 Å². The van der Waals surface area contributed by atoms with E-state index in [4.69, 9.17) is 10.5 Å². The number of nitrogens with two attached hydrogens (primary N) is 1. The number of guanidine groups is 1. The summed E-state index contributed by atoms with van der Waals surface area (Å²) in [5, 5.41) is 2.89. The van der Waals surface area contributed by atoms with Crippen LogP contribution in [-0.4, -0.2) is 45.4 Å². The summed E-state index contributed by atoms with van der Waals surface area (Å²) in [4.78, 5) is 15.9. The number of hydrogen-bond acceptors (Lipinski definition) is 6. The lowest BCUT2D eigenvalue weighted by Gasteiger charge is -2.12. The number of nitrogens with zero attached hydrogens (tertiary/aromatic N) is 5. The van der Waals surface area contributed by atoms with Gasteiger partial charge in [0.1, 0.15) is 5.75 Å². The highest BCUT2D eigenvalue weighted by atomic mass is 19.4. The molecule has 3 N–H and O–H groups in total.